The molecule has 4 heteroatoms. The Labute approximate surface area is 173 Å². The molecule has 30 heavy (non-hydrogen) atoms. The van der Waals surface area contributed by atoms with Gasteiger partial charge < -0.3 is 4.74 Å². The van der Waals surface area contributed by atoms with Gasteiger partial charge in [-0.15, -0.1) is 0 Å². The fourth-order valence-corrected chi connectivity index (χ4v) is 3.14. The van der Waals surface area contributed by atoms with Crippen LogP contribution < -0.4 is 4.74 Å². The minimum atomic E-state index is -0.375. The number of halogens is 1. The van der Waals surface area contributed by atoms with Crippen molar-refractivity contribution < 1.29 is 18.7 Å². The molecule has 146 valence electrons. The maximum Gasteiger partial charge on any atom is 0.197 e. The van der Waals surface area contributed by atoms with Gasteiger partial charge in [0.25, 0.3) is 0 Å². The van der Waals surface area contributed by atoms with E-state index in [-0.39, 0.29) is 17.4 Å². The summed E-state index contributed by atoms with van der Waals surface area (Å²) in [6.45, 7) is 0. The Morgan fingerprint density at radius 2 is 1.10 bits per heavy atom. The van der Waals surface area contributed by atoms with E-state index in [9.17, 15) is 14.0 Å². The Morgan fingerprint density at radius 1 is 0.567 bits per heavy atom. The SMILES string of the molecule is O=C(c1ccccc1)c1ccccc1C(=O)c1ccccc1Oc1ccc(F)cc1. The summed E-state index contributed by atoms with van der Waals surface area (Å²) in [4.78, 5) is 26.4. The Morgan fingerprint density at radius 3 is 1.77 bits per heavy atom. The van der Waals surface area contributed by atoms with Gasteiger partial charge in [-0.05, 0) is 36.4 Å². The summed E-state index contributed by atoms with van der Waals surface area (Å²) < 4.78 is 19.0. The third-order valence-electron chi connectivity index (χ3n) is 4.63. The molecule has 0 aliphatic heterocycles. The molecule has 4 rings (SSSR count). The summed E-state index contributed by atoms with van der Waals surface area (Å²) in [5, 5.41) is 0. The van der Waals surface area contributed by atoms with Gasteiger partial charge in [-0.25, -0.2) is 4.39 Å². The average molecular weight is 396 g/mol. The number of rotatable bonds is 6. The quantitative estimate of drug-likeness (QED) is 0.371. The lowest BCUT2D eigenvalue weighted by atomic mass is 9.93. The van der Waals surface area contributed by atoms with Gasteiger partial charge in [-0.1, -0.05) is 66.7 Å². The Kier molecular flexibility index (Phi) is 5.48. The highest BCUT2D eigenvalue weighted by molar-refractivity contribution is 6.20. The third-order valence-corrected chi connectivity index (χ3v) is 4.63. The van der Waals surface area contributed by atoms with Crippen molar-refractivity contribution in [1.82, 2.24) is 0 Å². The molecule has 0 aliphatic rings. The first-order chi connectivity index (χ1) is 14.6. The molecule has 0 radical (unpaired) electrons. The van der Waals surface area contributed by atoms with Crippen LogP contribution in [-0.4, -0.2) is 11.6 Å². The zero-order chi connectivity index (χ0) is 20.9. The van der Waals surface area contributed by atoms with E-state index < -0.39 is 0 Å². The smallest absolute Gasteiger partial charge is 0.197 e. The number of hydrogen-bond acceptors (Lipinski definition) is 3. The van der Waals surface area contributed by atoms with Gasteiger partial charge in [0, 0.05) is 16.7 Å². The fourth-order valence-electron chi connectivity index (χ4n) is 3.14. The predicted molar refractivity (Wildman–Crippen MR) is 113 cm³/mol. The first-order valence-electron chi connectivity index (χ1n) is 9.39. The molecule has 0 bridgehead atoms. The molecule has 0 unspecified atom stereocenters. The minimum Gasteiger partial charge on any atom is -0.457 e. The van der Waals surface area contributed by atoms with E-state index in [1.165, 1.54) is 24.3 Å². The van der Waals surface area contributed by atoms with E-state index in [0.717, 1.165) is 0 Å². The van der Waals surface area contributed by atoms with Crippen LogP contribution in [0.15, 0.2) is 103 Å². The zero-order valence-electron chi connectivity index (χ0n) is 15.9. The number of benzene rings is 4. The summed E-state index contributed by atoms with van der Waals surface area (Å²) >= 11 is 0. The molecule has 0 fully saturated rings. The van der Waals surface area contributed by atoms with Gasteiger partial charge in [0.15, 0.2) is 11.6 Å². The van der Waals surface area contributed by atoms with E-state index in [4.69, 9.17) is 4.74 Å². The number of para-hydroxylation sites is 1. The number of carbonyl (C=O) groups is 2. The highest BCUT2D eigenvalue weighted by Gasteiger charge is 2.21. The molecule has 0 saturated carbocycles. The second-order valence-electron chi connectivity index (χ2n) is 6.62. The van der Waals surface area contributed by atoms with Crippen LogP contribution in [-0.2, 0) is 0 Å². The van der Waals surface area contributed by atoms with Crippen molar-refractivity contribution in [3.8, 4) is 11.5 Å². The maximum atomic E-state index is 13.4. The standard InChI is InChI=1S/C26H17FO3/c27-19-14-16-20(17-15-19)30-24-13-7-6-12-23(24)26(29)22-11-5-4-10-21(22)25(28)18-8-2-1-3-9-18/h1-17H. The van der Waals surface area contributed by atoms with Crippen LogP contribution in [0.4, 0.5) is 4.39 Å². The van der Waals surface area contributed by atoms with Crippen molar-refractivity contribution in [2.75, 3.05) is 0 Å². The van der Waals surface area contributed by atoms with Crippen LogP contribution >= 0.6 is 0 Å². The largest absolute Gasteiger partial charge is 0.457 e. The van der Waals surface area contributed by atoms with Gasteiger partial charge in [-0.3, -0.25) is 9.59 Å². The van der Waals surface area contributed by atoms with E-state index in [0.29, 0.717) is 33.8 Å². The Balaban J connectivity index is 1.71. The van der Waals surface area contributed by atoms with Crippen molar-refractivity contribution in [3.63, 3.8) is 0 Å². The topological polar surface area (TPSA) is 43.4 Å². The van der Waals surface area contributed by atoms with Crippen LogP contribution in [0.2, 0.25) is 0 Å². The van der Waals surface area contributed by atoms with Crippen LogP contribution in [0.1, 0.15) is 31.8 Å². The third kappa shape index (κ3) is 4.03. The van der Waals surface area contributed by atoms with Crippen molar-refractivity contribution in [3.05, 3.63) is 131 Å². The first-order valence-corrected chi connectivity index (χ1v) is 9.39. The molecule has 3 nitrogen and oxygen atoms in total. The van der Waals surface area contributed by atoms with Crippen molar-refractivity contribution in [1.29, 1.82) is 0 Å². The van der Waals surface area contributed by atoms with E-state index in [1.54, 1.807) is 72.8 Å². The molecule has 0 saturated heterocycles. The maximum absolute atomic E-state index is 13.4. The Hall–Kier alpha value is -4.05. The van der Waals surface area contributed by atoms with Crippen LogP contribution in [0.3, 0.4) is 0 Å². The summed E-state index contributed by atoms with van der Waals surface area (Å²) in [7, 11) is 0. The van der Waals surface area contributed by atoms with Crippen molar-refractivity contribution in [2.24, 2.45) is 0 Å². The van der Waals surface area contributed by atoms with Gasteiger partial charge in [0.05, 0.1) is 5.56 Å². The average Bonchev–Trinajstić information content (AvgIpc) is 2.80. The predicted octanol–water partition coefficient (Wildman–Crippen LogP) is 6.08. The summed E-state index contributed by atoms with van der Waals surface area (Å²) in [6, 6.07) is 27.9. The molecule has 0 spiro atoms. The summed E-state index contributed by atoms with van der Waals surface area (Å²) in [6.07, 6.45) is 0. The molecule has 0 aliphatic carbocycles. The number of ketones is 2. The minimum absolute atomic E-state index is 0.225. The molecular formula is C26H17FO3. The molecular weight excluding hydrogens is 379 g/mol. The lowest BCUT2D eigenvalue weighted by Gasteiger charge is -2.12. The van der Waals surface area contributed by atoms with E-state index in [1.807, 2.05) is 6.07 Å². The Bertz CT molecular complexity index is 1200. The van der Waals surface area contributed by atoms with E-state index >= 15 is 0 Å². The lowest BCUT2D eigenvalue weighted by Crippen LogP contribution is -2.11. The lowest BCUT2D eigenvalue weighted by molar-refractivity contribution is 0.100. The second kappa shape index (κ2) is 8.53. The molecule has 4 aromatic rings. The molecule has 4 aromatic carbocycles. The van der Waals surface area contributed by atoms with Crippen LogP contribution in [0.5, 0.6) is 11.5 Å². The fraction of sp³-hybridized carbons (Fsp3) is 0. The monoisotopic (exact) mass is 396 g/mol. The van der Waals surface area contributed by atoms with Crippen molar-refractivity contribution >= 4 is 11.6 Å². The molecule has 0 amide bonds. The first kappa shape index (κ1) is 19.3. The normalized spacial score (nSPS) is 10.4. The zero-order valence-corrected chi connectivity index (χ0v) is 15.9. The second-order valence-corrected chi connectivity index (χ2v) is 6.62. The summed E-state index contributed by atoms with van der Waals surface area (Å²) in [5.41, 5.74) is 1.44. The van der Waals surface area contributed by atoms with Gasteiger partial charge in [0.1, 0.15) is 17.3 Å². The number of ether oxygens (including phenoxy) is 1. The molecule has 0 atom stereocenters. The van der Waals surface area contributed by atoms with Crippen molar-refractivity contribution in [2.45, 2.75) is 0 Å². The van der Waals surface area contributed by atoms with Gasteiger partial charge >= 0.3 is 0 Å². The number of carbonyl (C=O) groups excluding carboxylic acids is 2. The van der Waals surface area contributed by atoms with Gasteiger partial charge in [0.2, 0.25) is 0 Å². The summed E-state index contributed by atoms with van der Waals surface area (Å²) in [5.74, 6) is -0.189. The highest BCUT2D eigenvalue weighted by Crippen LogP contribution is 2.28. The molecule has 0 aromatic heterocycles. The molecule has 0 N–H and O–H groups in total. The molecule has 0 heterocycles. The van der Waals surface area contributed by atoms with Crippen LogP contribution in [0, 0.1) is 5.82 Å². The van der Waals surface area contributed by atoms with Gasteiger partial charge in [-0.2, -0.15) is 0 Å². The highest BCUT2D eigenvalue weighted by atomic mass is 19.1. The van der Waals surface area contributed by atoms with E-state index in [2.05, 4.69) is 0 Å². The number of hydrogen-bond donors (Lipinski definition) is 0. The van der Waals surface area contributed by atoms with Crippen LogP contribution in [0.25, 0.3) is 0 Å².